The van der Waals surface area contributed by atoms with E-state index < -0.39 is 22.1 Å². The first kappa shape index (κ1) is 11.0. The van der Waals surface area contributed by atoms with Crippen molar-refractivity contribution < 1.29 is 14.8 Å². The summed E-state index contributed by atoms with van der Waals surface area (Å²) in [6, 6.07) is 3.43. The van der Waals surface area contributed by atoms with Crippen LogP contribution in [0.1, 0.15) is 10.4 Å². The quantitative estimate of drug-likeness (QED) is 0.367. The molecule has 0 atom stereocenters. The van der Waals surface area contributed by atoms with Crippen LogP contribution < -0.4 is 0 Å². The zero-order valence-electron chi connectivity index (χ0n) is 7.21. The lowest BCUT2D eigenvalue weighted by Crippen LogP contribution is -2.01. The zero-order chi connectivity index (χ0) is 11.4. The molecule has 0 aliphatic carbocycles. The van der Waals surface area contributed by atoms with Gasteiger partial charge in [-0.05, 0) is 24.4 Å². The molecule has 0 saturated heterocycles. The number of isothiocyanates is 1. The molecule has 0 aliphatic rings. The minimum atomic E-state index is -1.39. The number of hydrogen-bond acceptors (Lipinski definition) is 5. The topological polar surface area (TPSA) is 92.8 Å². The Bertz CT molecular complexity index is 480. The lowest BCUT2D eigenvalue weighted by atomic mass is 10.1. The molecule has 1 rings (SSSR count). The van der Waals surface area contributed by atoms with E-state index in [1.54, 1.807) is 0 Å². The third kappa shape index (κ3) is 2.43. The third-order valence-corrected chi connectivity index (χ3v) is 1.67. The van der Waals surface area contributed by atoms with Crippen LogP contribution in [0.25, 0.3) is 0 Å². The van der Waals surface area contributed by atoms with Crippen molar-refractivity contribution in [1.82, 2.24) is 0 Å². The number of benzene rings is 1. The molecule has 76 valence electrons. The molecule has 0 unspecified atom stereocenters. The van der Waals surface area contributed by atoms with Crippen LogP contribution in [0.15, 0.2) is 23.2 Å². The molecule has 15 heavy (non-hydrogen) atoms. The van der Waals surface area contributed by atoms with Crippen molar-refractivity contribution in [3.05, 3.63) is 33.9 Å². The summed E-state index contributed by atoms with van der Waals surface area (Å²) in [5.41, 5.74) is -0.690. The van der Waals surface area contributed by atoms with E-state index in [4.69, 9.17) is 5.11 Å². The number of nitrogens with zero attached hydrogens (tertiary/aromatic N) is 2. The van der Waals surface area contributed by atoms with E-state index in [2.05, 4.69) is 17.2 Å². The summed E-state index contributed by atoms with van der Waals surface area (Å²) in [6.07, 6.45) is 0. The van der Waals surface area contributed by atoms with Gasteiger partial charge in [-0.2, -0.15) is 4.99 Å². The molecular formula is C8H4N2O4S. The number of nitro benzene ring substituents is 1. The van der Waals surface area contributed by atoms with Gasteiger partial charge in [0, 0.05) is 6.07 Å². The number of aliphatic imine (C=N–C) groups is 1. The average molecular weight is 224 g/mol. The van der Waals surface area contributed by atoms with Crippen molar-refractivity contribution in [2.75, 3.05) is 0 Å². The van der Waals surface area contributed by atoms with E-state index in [1.165, 1.54) is 6.07 Å². The molecule has 0 heterocycles. The lowest BCUT2D eigenvalue weighted by molar-refractivity contribution is -0.385. The van der Waals surface area contributed by atoms with Crippen LogP contribution in [0.3, 0.4) is 0 Å². The Labute approximate surface area is 89.0 Å². The first-order chi connectivity index (χ1) is 7.06. The molecule has 6 nitrogen and oxygen atoms in total. The number of carboxylic acid groups (broad SMARTS) is 1. The molecule has 1 aromatic carbocycles. The van der Waals surface area contributed by atoms with Gasteiger partial charge in [-0.3, -0.25) is 10.1 Å². The molecule has 0 amide bonds. The van der Waals surface area contributed by atoms with Gasteiger partial charge < -0.3 is 5.11 Å². The highest BCUT2D eigenvalue weighted by molar-refractivity contribution is 7.78. The number of thiocarbonyl (C=S) groups is 1. The van der Waals surface area contributed by atoms with Gasteiger partial charge in [-0.1, -0.05) is 0 Å². The number of carbonyl (C=O) groups is 1. The molecule has 0 fully saturated rings. The molecular weight excluding hydrogens is 220 g/mol. The first-order valence-corrected chi connectivity index (χ1v) is 4.06. The second-order valence-electron chi connectivity index (χ2n) is 2.47. The minimum Gasteiger partial charge on any atom is -0.477 e. The molecule has 1 N–H and O–H groups in total. The Morgan fingerprint density at radius 2 is 2.27 bits per heavy atom. The highest BCUT2D eigenvalue weighted by Crippen LogP contribution is 2.23. The molecule has 0 radical (unpaired) electrons. The van der Waals surface area contributed by atoms with Crippen LogP contribution >= 0.6 is 12.2 Å². The molecule has 0 aliphatic heterocycles. The van der Waals surface area contributed by atoms with Gasteiger partial charge in [0.15, 0.2) is 0 Å². The maximum absolute atomic E-state index is 10.7. The fraction of sp³-hybridized carbons (Fsp3) is 0. The number of nitro groups is 1. The summed E-state index contributed by atoms with van der Waals surface area (Å²) < 4.78 is 0. The van der Waals surface area contributed by atoms with Crippen LogP contribution in [0, 0.1) is 10.1 Å². The van der Waals surface area contributed by atoms with Crippen molar-refractivity contribution in [3.63, 3.8) is 0 Å². The zero-order valence-corrected chi connectivity index (χ0v) is 8.02. The largest absolute Gasteiger partial charge is 0.477 e. The maximum atomic E-state index is 10.7. The Morgan fingerprint density at radius 1 is 1.60 bits per heavy atom. The molecule has 1 aromatic rings. The summed E-state index contributed by atoms with van der Waals surface area (Å²) in [7, 11) is 0. The van der Waals surface area contributed by atoms with Gasteiger partial charge in [-0.25, -0.2) is 4.79 Å². The van der Waals surface area contributed by atoms with Crippen LogP contribution in [0.5, 0.6) is 0 Å². The number of hydrogen-bond donors (Lipinski definition) is 1. The fourth-order valence-corrected chi connectivity index (χ4v) is 1.08. The van der Waals surface area contributed by atoms with E-state index in [-0.39, 0.29) is 5.69 Å². The third-order valence-electron chi connectivity index (χ3n) is 1.58. The van der Waals surface area contributed by atoms with E-state index in [1.807, 2.05) is 5.16 Å². The van der Waals surface area contributed by atoms with Crippen LogP contribution in [0.2, 0.25) is 0 Å². The number of carboxylic acids is 1. The van der Waals surface area contributed by atoms with E-state index >= 15 is 0 Å². The Kier molecular flexibility index (Phi) is 3.22. The van der Waals surface area contributed by atoms with Gasteiger partial charge in [-0.15, -0.1) is 0 Å². The van der Waals surface area contributed by atoms with Crippen molar-refractivity contribution >= 4 is 34.7 Å². The summed E-state index contributed by atoms with van der Waals surface area (Å²) in [4.78, 5) is 23.9. The monoisotopic (exact) mass is 224 g/mol. The molecule has 7 heteroatoms. The molecule has 0 spiro atoms. The smallest absolute Gasteiger partial charge is 0.342 e. The first-order valence-electron chi connectivity index (χ1n) is 3.66. The summed E-state index contributed by atoms with van der Waals surface area (Å²) in [5, 5.41) is 21.2. The fourth-order valence-electron chi connectivity index (χ4n) is 0.977. The Hall–Kier alpha value is -2.11. The SMILES string of the molecule is O=C(O)c1cc(N=C=S)ccc1[N+](=O)[O-]. The number of aromatic carboxylic acids is 1. The second kappa shape index (κ2) is 4.41. The minimum absolute atomic E-state index is 0.216. The normalized spacial score (nSPS) is 9.07. The predicted molar refractivity (Wildman–Crippen MR) is 54.7 cm³/mol. The predicted octanol–water partition coefficient (Wildman–Crippen LogP) is 2.03. The number of rotatable bonds is 3. The summed E-state index contributed by atoms with van der Waals surface area (Å²) in [6.45, 7) is 0. The van der Waals surface area contributed by atoms with Crippen molar-refractivity contribution in [2.24, 2.45) is 4.99 Å². The van der Waals surface area contributed by atoms with Gasteiger partial charge >= 0.3 is 5.97 Å². The Morgan fingerprint density at radius 3 is 2.73 bits per heavy atom. The van der Waals surface area contributed by atoms with Crippen molar-refractivity contribution in [3.8, 4) is 0 Å². The van der Waals surface area contributed by atoms with E-state index in [0.717, 1.165) is 12.1 Å². The summed E-state index contributed by atoms with van der Waals surface area (Å²) >= 11 is 4.33. The van der Waals surface area contributed by atoms with Crippen LogP contribution in [-0.4, -0.2) is 21.2 Å². The average Bonchev–Trinajstić information content (AvgIpc) is 2.17. The maximum Gasteiger partial charge on any atom is 0.342 e. The van der Waals surface area contributed by atoms with Gasteiger partial charge in [0.1, 0.15) is 5.56 Å². The highest BCUT2D eigenvalue weighted by Gasteiger charge is 2.19. The van der Waals surface area contributed by atoms with Crippen molar-refractivity contribution in [2.45, 2.75) is 0 Å². The van der Waals surface area contributed by atoms with Gasteiger partial charge in [0.25, 0.3) is 5.69 Å². The summed E-state index contributed by atoms with van der Waals surface area (Å²) in [5.74, 6) is -1.39. The van der Waals surface area contributed by atoms with Crippen molar-refractivity contribution in [1.29, 1.82) is 0 Å². The van der Waals surface area contributed by atoms with Crippen LogP contribution in [0.4, 0.5) is 11.4 Å². The van der Waals surface area contributed by atoms with Gasteiger partial charge in [0.05, 0.1) is 15.8 Å². The van der Waals surface area contributed by atoms with E-state index in [9.17, 15) is 14.9 Å². The van der Waals surface area contributed by atoms with Crippen LogP contribution in [-0.2, 0) is 0 Å². The van der Waals surface area contributed by atoms with Gasteiger partial charge in [0.2, 0.25) is 0 Å². The second-order valence-corrected chi connectivity index (χ2v) is 2.65. The van der Waals surface area contributed by atoms with E-state index in [0.29, 0.717) is 0 Å². The lowest BCUT2D eigenvalue weighted by Gasteiger charge is -1.98. The Balaban J connectivity index is 3.39. The molecule has 0 bridgehead atoms. The molecule has 0 aromatic heterocycles. The molecule has 0 saturated carbocycles. The standard InChI is InChI=1S/C8H4N2O4S/c11-8(12)6-3-5(9-4-15)1-2-7(6)10(13)14/h1-3H,(H,11,12). The highest BCUT2D eigenvalue weighted by atomic mass is 32.1.